The van der Waals surface area contributed by atoms with Gasteiger partial charge in [-0.05, 0) is 24.3 Å². The van der Waals surface area contributed by atoms with E-state index in [2.05, 4.69) is 15.6 Å². The molecular formula is C20H19N3O5S. The molecular weight excluding hydrogens is 394 g/mol. The SMILES string of the molecule is COc1cc(OC)cc(C(=O)Nc2nc(C(=O)Nc3ccccc3OC)cs2)c1. The Morgan fingerprint density at radius 1 is 0.897 bits per heavy atom. The van der Waals surface area contributed by atoms with E-state index in [9.17, 15) is 9.59 Å². The van der Waals surface area contributed by atoms with Gasteiger partial charge in [-0.2, -0.15) is 0 Å². The van der Waals surface area contributed by atoms with Crippen LogP contribution in [0.3, 0.4) is 0 Å². The summed E-state index contributed by atoms with van der Waals surface area (Å²) >= 11 is 1.14. The minimum Gasteiger partial charge on any atom is -0.497 e. The summed E-state index contributed by atoms with van der Waals surface area (Å²) in [6.07, 6.45) is 0. The number of aromatic nitrogens is 1. The lowest BCUT2D eigenvalue weighted by atomic mass is 10.2. The van der Waals surface area contributed by atoms with Crippen LogP contribution in [0.5, 0.6) is 17.2 Å². The standard InChI is InChI=1S/C20H19N3O5S/c1-26-13-8-12(9-14(10-13)27-2)18(24)23-20-22-16(11-29-20)19(25)21-15-6-4-5-7-17(15)28-3/h4-11H,1-3H3,(H,21,25)(H,22,23,24). The van der Waals surface area contributed by atoms with Crippen LogP contribution in [0.15, 0.2) is 47.8 Å². The summed E-state index contributed by atoms with van der Waals surface area (Å²) in [7, 11) is 4.53. The number of ether oxygens (including phenoxy) is 3. The molecule has 0 aliphatic rings. The Balaban J connectivity index is 1.71. The molecule has 0 fully saturated rings. The second-order valence-electron chi connectivity index (χ2n) is 5.75. The fraction of sp³-hybridized carbons (Fsp3) is 0.150. The van der Waals surface area contributed by atoms with Crippen molar-refractivity contribution < 1.29 is 23.8 Å². The molecule has 0 bridgehead atoms. The van der Waals surface area contributed by atoms with E-state index >= 15 is 0 Å². The molecule has 2 N–H and O–H groups in total. The van der Waals surface area contributed by atoms with Crippen LogP contribution in [-0.4, -0.2) is 38.1 Å². The molecule has 1 heterocycles. The van der Waals surface area contributed by atoms with Crippen molar-refractivity contribution in [2.24, 2.45) is 0 Å². The highest BCUT2D eigenvalue weighted by molar-refractivity contribution is 7.14. The summed E-state index contributed by atoms with van der Waals surface area (Å²) in [5.74, 6) is 0.718. The minimum atomic E-state index is -0.408. The summed E-state index contributed by atoms with van der Waals surface area (Å²) in [4.78, 5) is 29.2. The summed E-state index contributed by atoms with van der Waals surface area (Å²) in [6, 6.07) is 11.9. The van der Waals surface area contributed by atoms with Gasteiger partial charge in [-0.25, -0.2) is 4.98 Å². The first kappa shape index (κ1) is 20.2. The van der Waals surface area contributed by atoms with Crippen LogP contribution in [0.1, 0.15) is 20.8 Å². The first-order chi connectivity index (χ1) is 14.0. The van der Waals surface area contributed by atoms with Gasteiger partial charge in [0.15, 0.2) is 5.13 Å². The van der Waals surface area contributed by atoms with Crippen LogP contribution in [0.25, 0.3) is 0 Å². The third-order valence-corrected chi connectivity index (χ3v) is 4.68. The molecule has 0 aliphatic carbocycles. The molecule has 9 heteroatoms. The number of hydrogen-bond donors (Lipinski definition) is 2. The van der Waals surface area contributed by atoms with Gasteiger partial charge in [-0.1, -0.05) is 12.1 Å². The number of nitrogens with zero attached hydrogens (tertiary/aromatic N) is 1. The van der Waals surface area contributed by atoms with Gasteiger partial charge < -0.3 is 19.5 Å². The lowest BCUT2D eigenvalue weighted by Gasteiger charge is -2.08. The van der Waals surface area contributed by atoms with E-state index in [1.807, 2.05) is 0 Å². The van der Waals surface area contributed by atoms with E-state index in [1.54, 1.807) is 47.8 Å². The van der Waals surface area contributed by atoms with Crippen molar-refractivity contribution in [1.82, 2.24) is 4.98 Å². The van der Waals surface area contributed by atoms with Gasteiger partial charge in [0.05, 0.1) is 27.0 Å². The second-order valence-corrected chi connectivity index (χ2v) is 6.61. The summed E-state index contributed by atoms with van der Waals surface area (Å²) in [6.45, 7) is 0. The zero-order chi connectivity index (χ0) is 20.8. The predicted octanol–water partition coefficient (Wildman–Crippen LogP) is 3.67. The van der Waals surface area contributed by atoms with E-state index in [0.29, 0.717) is 33.6 Å². The van der Waals surface area contributed by atoms with Crippen LogP contribution in [0, 0.1) is 0 Å². The Labute approximate surface area is 171 Å². The van der Waals surface area contributed by atoms with Crippen LogP contribution < -0.4 is 24.8 Å². The number of methoxy groups -OCH3 is 3. The van der Waals surface area contributed by atoms with Crippen LogP contribution >= 0.6 is 11.3 Å². The number of carbonyl (C=O) groups is 2. The van der Waals surface area contributed by atoms with Crippen molar-refractivity contribution in [2.75, 3.05) is 32.0 Å². The molecule has 1 aromatic heterocycles. The maximum absolute atomic E-state index is 12.5. The normalized spacial score (nSPS) is 10.2. The predicted molar refractivity (Wildman–Crippen MR) is 111 cm³/mol. The summed E-state index contributed by atoms with van der Waals surface area (Å²) in [5, 5.41) is 7.27. The Hall–Kier alpha value is -3.59. The molecule has 0 radical (unpaired) electrons. The first-order valence-electron chi connectivity index (χ1n) is 8.48. The minimum absolute atomic E-state index is 0.180. The molecule has 0 saturated carbocycles. The lowest BCUT2D eigenvalue weighted by molar-refractivity contribution is 0.101. The summed E-state index contributed by atoms with van der Waals surface area (Å²) < 4.78 is 15.6. The van der Waals surface area contributed by atoms with Crippen molar-refractivity contribution in [2.45, 2.75) is 0 Å². The topological polar surface area (TPSA) is 98.8 Å². The zero-order valence-corrected chi connectivity index (χ0v) is 16.8. The van der Waals surface area contributed by atoms with Crippen molar-refractivity contribution in [3.8, 4) is 17.2 Å². The van der Waals surface area contributed by atoms with Gasteiger partial charge in [0.1, 0.15) is 22.9 Å². The largest absolute Gasteiger partial charge is 0.497 e. The number of benzene rings is 2. The molecule has 29 heavy (non-hydrogen) atoms. The number of anilines is 2. The molecule has 3 aromatic rings. The second kappa shape index (κ2) is 9.07. The molecule has 2 aromatic carbocycles. The molecule has 150 valence electrons. The van der Waals surface area contributed by atoms with Gasteiger partial charge >= 0.3 is 0 Å². The summed E-state index contributed by atoms with van der Waals surface area (Å²) in [5.41, 5.74) is 1.05. The molecule has 0 spiro atoms. The molecule has 0 atom stereocenters. The smallest absolute Gasteiger partial charge is 0.275 e. The van der Waals surface area contributed by atoms with E-state index in [4.69, 9.17) is 14.2 Å². The Morgan fingerprint density at radius 2 is 1.59 bits per heavy atom. The highest BCUT2D eigenvalue weighted by atomic mass is 32.1. The number of rotatable bonds is 7. The number of para-hydroxylation sites is 2. The van der Waals surface area contributed by atoms with E-state index in [-0.39, 0.29) is 5.69 Å². The Bertz CT molecular complexity index is 1010. The number of carbonyl (C=O) groups excluding carboxylic acids is 2. The van der Waals surface area contributed by atoms with E-state index < -0.39 is 11.8 Å². The van der Waals surface area contributed by atoms with Crippen LogP contribution in [0.4, 0.5) is 10.8 Å². The van der Waals surface area contributed by atoms with E-state index in [0.717, 1.165) is 11.3 Å². The van der Waals surface area contributed by atoms with Crippen LogP contribution in [0.2, 0.25) is 0 Å². The Morgan fingerprint density at radius 3 is 2.24 bits per heavy atom. The van der Waals surface area contributed by atoms with Crippen molar-refractivity contribution in [3.63, 3.8) is 0 Å². The molecule has 8 nitrogen and oxygen atoms in total. The zero-order valence-electron chi connectivity index (χ0n) is 16.0. The number of thiazole rings is 1. The highest BCUT2D eigenvalue weighted by Gasteiger charge is 2.16. The van der Waals surface area contributed by atoms with Gasteiger partial charge in [0, 0.05) is 17.0 Å². The van der Waals surface area contributed by atoms with Crippen molar-refractivity contribution in [3.05, 3.63) is 59.1 Å². The maximum atomic E-state index is 12.5. The average molecular weight is 413 g/mol. The van der Waals surface area contributed by atoms with Gasteiger partial charge in [0.2, 0.25) is 0 Å². The average Bonchev–Trinajstić information content (AvgIpc) is 3.22. The molecule has 0 saturated heterocycles. The maximum Gasteiger partial charge on any atom is 0.275 e. The number of amides is 2. The van der Waals surface area contributed by atoms with Gasteiger partial charge in [-0.15, -0.1) is 11.3 Å². The fourth-order valence-electron chi connectivity index (χ4n) is 2.48. The lowest BCUT2D eigenvalue weighted by Crippen LogP contribution is -2.15. The third-order valence-electron chi connectivity index (χ3n) is 3.93. The van der Waals surface area contributed by atoms with Crippen molar-refractivity contribution >= 4 is 34.0 Å². The van der Waals surface area contributed by atoms with Crippen LogP contribution in [-0.2, 0) is 0 Å². The number of nitrogens with one attached hydrogen (secondary N) is 2. The fourth-order valence-corrected chi connectivity index (χ4v) is 3.16. The molecule has 3 rings (SSSR count). The monoisotopic (exact) mass is 413 g/mol. The Kier molecular flexibility index (Phi) is 6.30. The molecule has 0 aliphatic heterocycles. The quantitative estimate of drug-likeness (QED) is 0.613. The van der Waals surface area contributed by atoms with Gasteiger partial charge in [-0.3, -0.25) is 14.9 Å². The number of hydrogen-bond acceptors (Lipinski definition) is 7. The molecule has 0 unspecified atom stereocenters. The van der Waals surface area contributed by atoms with Crippen molar-refractivity contribution in [1.29, 1.82) is 0 Å². The van der Waals surface area contributed by atoms with E-state index in [1.165, 1.54) is 21.3 Å². The third kappa shape index (κ3) is 4.82. The molecule has 2 amide bonds. The van der Waals surface area contributed by atoms with Gasteiger partial charge in [0.25, 0.3) is 11.8 Å². The highest BCUT2D eigenvalue weighted by Crippen LogP contribution is 2.26. The first-order valence-corrected chi connectivity index (χ1v) is 9.36.